The summed E-state index contributed by atoms with van der Waals surface area (Å²) < 4.78 is 0. The van der Waals surface area contributed by atoms with Crippen LogP contribution in [0.15, 0.2) is 18.2 Å². The summed E-state index contributed by atoms with van der Waals surface area (Å²) in [6.45, 7) is 5.28. The summed E-state index contributed by atoms with van der Waals surface area (Å²) in [6, 6.07) is 7.16. The predicted octanol–water partition coefficient (Wildman–Crippen LogP) is 3.72. The normalized spacial score (nSPS) is 16.0. The monoisotopic (exact) mass is 223 g/mol. The van der Waals surface area contributed by atoms with E-state index in [0.717, 1.165) is 17.6 Å². The van der Waals surface area contributed by atoms with Gasteiger partial charge in [-0.1, -0.05) is 37.6 Å². The van der Waals surface area contributed by atoms with Crippen LogP contribution < -0.4 is 5.32 Å². The minimum Gasteiger partial charge on any atom is -0.310 e. The van der Waals surface area contributed by atoms with Crippen molar-refractivity contribution >= 4 is 11.6 Å². The zero-order valence-electron chi connectivity index (χ0n) is 9.39. The van der Waals surface area contributed by atoms with Gasteiger partial charge in [0.1, 0.15) is 0 Å². The van der Waals surface area contributed by atoms with Crippen molar-refractivity contribution in [2.45, 2.75) is 45.2 Å². The Balaban J connectivity index is 2.04. The highest BCUT2D eigenvalue weighted by atomic mass is 35.5. The van der Waals surface area contributed by atoms with E-state index in [1.54, 1.807) is 0 Å². The van der Waals surface area contributed by atoms with Crippen LogP contribution in [0.3, 0.4) is 0 Å². The molecule has 0 amide bonds. The molecule has 0 heterocycles. The van der Waals surface area contributed by atoms with E-state index >= 15 is 0 Å². The van der Waals surface area contributed by atoms with Crippen LogP contribution in [0.5, 0.6) is 0 Å². The maximum absolute atomic E-state index is 6.24. The Hall–Kier alpha value is -0.530. The van der Waals surface area contributed by atoms with Gasteiger partial charge in [0, 0.05) is 17.6 Å². The average molecular weight is 224 g/mol. The van der Waals surface area contributed by atoms with Crippen LogP contribution in [0.2, 0.25) is 5.02 Å². The van der Waals surface area contributed by atoms with Crippen LogP contribution >= 0.6 is 11.6 Å². The van der Waals surface area contributed by atoms with Crippen molar-refractivity contribution in [2.75, 3.05) is 0 Å². The Morgan fingerprint density at radius 3 is 2.67 bits per heavy atom. The second-order valence-electron chi connectivity index (χ2n) is 4.66. The molecule has 0 spiro atoms. The standard InChI is InChI=1S/C13H18ClN/c1-9(2)10-3-4-11(13(14)7-10)8-15-12-5-6-12/h3-4,7,9,12,15H,5-6,8H2,1-2H3. The molecular weight excluding hydrogens is 206 g/mol. The molecule has 1 saturated carbocycles. The molecule has 0 aliphatic heterocycles. The third-order valence-electron chi connectivity index (χ3n) is 2.90. The van der Waals surface area contributed by atoms with E-state index < -0.39 is 0 Å². The van der Waals surface area contributed by atoms with Gasteiger partial charge in [0.2, 0.25) is 0 Å². The molecule has 1 aliphatic carbocycles. The molecule has 0 bridgehead atoms. The lowest BCUT2D eigenvalue weighted by Crippen LogP contribution is -2.15. The third-order valence-corrected chi connectivity index (χ3v) is 3.25. The van der Waals surface area contributed by atoms with Crippen LogP contribution in [-0.4, -0.2) is 6.04 Å². The van der Waals surface area contributed by atoms with Gasteiger partial charge in [-0.25, -0.2) is 0 Å². The smallest absolute Gasteiger partial charge is 0.0453 e. The fourth-order valence-corrected chi connectivity index (χ4v) is 1.86. The summed E-state index contributed by atoms with van der Waals surface area (Å²) in [7, 11) is 0. The van der Waals surface area contributed by atoms with Crippen LogP contribution in [0, 0.1) is 0 Å². The molecule has 2 rings (SSSR count). The first-order chi connectivity index (χ1) is 7.16. The van der Waals surface area contributed by atoms with Crippen molar-refractivity contribution in [3.63, 3.8) is 0 Å². The Morgan fingerprint density at radius 2 is 2.13 bits per heavy atom. The lowest BCUT2D eigenvalue weighted by molar-refractivity contribution is 0.687. The Labute approximate surface area is 96.8 Å². The highest BCUT2D eigenvalue weighted by molar-refractivity contribution is 6.31. The van der Waals surface area contributed by atoms with Crippen LogP contribution in [0.25, 0.3) is 0 Å². The highest BCUT2D eigenvalue weighted by Crippen LogP contribution is 2.24. The molecule has 1 aromatic rings. The quantitative estimate of drug-likeness (QED) is 0.821. The van der Waals surface area contributed by atoms with Gasteiger partial charge in [-0.2, -0.15) is 0 Å². The third kappa shape index (κ3) is 2.96. The molecule has 2 heteroatoms. The molecule has 82 valence electrons. The van der Waals surface area contributed by atoms with Crippen molar-refractivity contribution in [1.29, 1.82) is 0 Å². The predicted molar refractivity (Wildman–Crippen MR) is 65.4 cm³/mol. The highest BCUT2D eigenvalue weighted by Gasteiger charge is 2.20. The van der Waals surface area contributed by atoms with E-state index in [2.05, 4.69) is 37.4 Å². The van der Waals surface area contributed by atoms with E-state index in [0.29, 0.717) is 5.92 Å². The number of nitrogens with one attached hydrogen (secondary N) is 1. The van der Waals surface area contributed by atoms with Gasteiger partial charge in [0.15, 0.2) is 0 Å². The van der Waals surface area contributed by atoms with Crippen molar-refractivity contribution < 1.29 is 0 Å². The molecule has 0 aromatic heterocycles. The summed E-state index contributed by atoms with van der Waals surface area (Å²) in [5.41, 5.74) is 2.53. The molecule has 1 aromatic carbocycles. The fraction of sp³-hybridized carbons (Fsp3) is 0.538. The maximum atomic E-state index is 6.24. The number of hydrogen-bond acceptors (Lipinski definition) is 1. The summed E-state index contributed by atoms with van der Waals surface area (Å²) >= 11 is 6.24. The van der Waals surface area contributed by atoms with E-state index in [1.165, 1.54) is 24.0 Å². The van der Waals surface area contributed by atoms with E-state index in [1.807, 2.05) is 0 Å². The molecule has 0 radical (unpaired) electrons. The molecule has 0 unspecified atom stereocenters. The summed E-state index contributed by atoms with van der Waals surface area (Å²) in [4.78, 5) is 0. The first-order valence-corrected chi connectivity index (χ1v) is 6.06. The molecule has 15 heavy (non-hydrogen) atoms. The SMILES string of the molecule is CC(C)c1ccc(CNC2CC2)c(Cl)c1. The largest absolute Gasteiger partial charge is 0.310 e. The zero-order chi connectivity index (χ0) is 10.8. The van der Waals surface area contributed by atoms with Gasteiger partial charge < -0.3 is 5.32 Å². The second-order valence-corrected chi connectivity index (χ2v) is 5.07. The molecule has 0 atom stereocenters. The van der Waals surface area contributed by atoms with Crippen LogP contribution in [-0.2, 0) is 6.54 Å². The van der Waals surface area contributed by atoms with Gasteiger partial charge in [0.05, 0.1) is 0 Å². The molecule has 0 saturated heterocycles. The fourth-order valence-electron chi connectivity index (χ4n) is 1.61. The van der Waals surface area contributed by atoms with Crippen molar-refractivity contribution in [1.82, 2.24) is 5.32 Å². The first-order valence-electron chi connectivity index (χ1n) is 5.68. The van der Waals surface area contributed by atoms with E-state index in [-0.39, 0.29) is 0 Å². The number of rotatable bonds is 4. The number of halogens is 1. The topological polar surface area (TPSA) is 12.0 Å². The summed E-state index contributed by atoms with van der Waals surface area (Å²) in [5, 5.41) is 4.38. The van der Waals surface area contributed by atoms with Gasteiger partial charge >= 0.3 is 0 Å². The van der Waals surface area contributed by atoms with Gasteiger partial charge in [-0.3, -0.25) is 0 Å². The molecule has 1 nitrogen and oxygen atoms in total. The summed E-state index contributed by atoms with van der Waals surface area (Å²) in [5.74, 6) is 0.549. The zero-order valence-corrected chi connectivity index (χ0v) is 10.1. The van der Waals surface area contributed by atoms with Crippen LogP contribution in [0.4, 0.5) is 0 Å². The van der Waals surface area contributed by atoms with E-state index in [4.69, 9.17) is 11.6 Å². The van der Waals surface area contributed by atoms with E-state index in [9.17, 15) is 0 Å². The molecule has 1 N–H and O–H groups in total. The Bertz CT molecular complexity index is 342. The number of benzene rings is 1. The van der Waals surface area contributed by atoms with Crippen molar-refractivity contribution in [3.8, 4) is 0 Å². The van der Waals surface area contributed by atoms with Crippen molar-refractivity contribution in [3.05, 3.63) is 34.3 Å². The number of hydrogen-bond donors (Lipinski definition) is 1. The molecule has 1 aliphatic rings. The Kier molecular flexibility index (Phi) is 3.32. The summed E-state index contributed by atoms with van der Waals surface area (Å²) in [6.07, 6.45) is 2.64. The van der Waals surface area contributed by atoms with Gasteiger partial charge in [-0.05, 0) is 36.0 Å². The minimum atomic E-state index is 0.549. The molecular formula is C13H18ClN. The van der Waals surface area contributed by atoms with Crippen molar-refractivity contribution in [2.24, 2.45) is 0 Å². The lowest BCUT2D eigenvalue weighted by Gasteiger charge is -2.10. The minimum absolute atomic E-state index is 0.549. The van der Waals surface area contributed by atoms with Gasteiger partial charge in [0.25, 0.3) is 0 Å². The first kappa shape index (κ1) is 11.0. The maximum Gasteiger partial charge on any atom is 0.0453 e. The van der Waals surface area contributed by atoms with Gasteiger partial charge in [-0.15, -0.1) is 0 Å². The Morgan fingerprint density at radius 1 is 1.40 bits per heavy atom. The van der Waals surface area contributed by atoms with Crippen LogP contribution in [0.1, 0.15) is 43.7 Å². The molecule has 1 fully saturated rings. The average Bonchev–Trinajstić information content (AvgIpc) is 2.99. The second kappa shape index (κ2) is 4.54. The lowest BCUT2D eigenvalue weighted by atomic mass is 10.0.